The topological polar surface area (TPSA) is 34.1 Å². The second-order valence-electron chi connectivity index (χ2n) is 2.13. The van der Waals surface area contributed by atoms with Gasteiger partial charge in [-0.25, -0.2) is 0 Å². The molecular formula is C7H7Cl3O2S. The van der Waals surface area contributed by atoms with Crippen LogP contribution in [0.5, 0.6) is 0 Å². The van der Waals surface area contributed by atoms with Crippen LogP contribution in [0.4, 0.5) is 0 Å². The molecule has 0 unspecified atom stereocenters. The van der Waals surface area contributed by atoms with Gasteiger partial charge in [-0.05, 0) is 18.6 Å². The Hall–Kier alpha value is 0.0400. The Bertz CT molecular complexity index is 333. The van der Waals surface area contributed by atoms with Crippen molar-refractivity contribution in [3.05, 3.63) is 34.9 Å². The van der Waals surface area contributed by atoms with Crippen molar-refractivity contribution in [3.8, 4) is 0 Å². The van der Waals surface area contributed by atoms with Crippen molar-refractivity contribution in [2.45, 2.75) is 6.92 Å². The lowest BCUT2D eigenvalue weighted by Crippen LogP contribution is -1.68. The molecular weight excluding hydrogens is 255 g/mol. The molecule has 0 aliphatic rings. The average molecular weight is 262 g/mol. The Balaban J connectivity index is 0.000000252. The first kappa shape index (κ1) is 13.0. The molecule has 1 aromatic carbocycles. The highest BCUT2D eigenvalue weighted by Crippen LogP contribution is 2.11. The fraction of sp³-hybridized carbons (Fsp3) is 0.143. The van der Waals surface area contributed by atoms with E-state index in [0.717, 1.165) is 10.6 Å². The summed E-state index contributed by atoms with van der Waals surface area (Å²) < 4.78 is 18.3. The van der Waals surface area contributed by atoms with Gasteiger partial charge in [0.15, 0.2) is 0 Å². The van der Waals surface area contributed by atoms with Crippen molar-refractivity contribution in [1.29, 1.82) is 0 Å². The molecule has 0 aromatic heterocycles. The average Bonchev–Trinajstić information content (AvgIpc) is 1.92. The molecule has 0 saturated carbocycles. The standard InChI is InChI=1S/C7H7Cl.Cl2O2S/c1-6-4-2-3-5-7(6)8;1-5(2,3)4/h2-5H,1H3;. The van der Waals surface area contributed by atoms with Gasteiger partial charge in [0.25, 0.3) is 0 Å². The number of aryl methyl sites for hydroxylation is 1. The number of hydrogen-bond donors (Lipinski definition) is 0. The third kappa shape index (κ3) is 9.96. The highest BCUT2D eigenvalue weighted by Gasteiger charge is 1.88. The van der Waals surface area contributed by atoms with Gasteiger partial charge in [-0.2, -0.15) is 8.42 Å². The van der Waals surface area contributed by atoms with E-state index in [1.54, 1.807) is 0 Å². The van der Waals surface area contributed by atoms with Crippen molar-refractivity contribution in [2.75, 3.05) is 0 Å². The van der Waals surface area contributed by atoms with Gasteiger partial charge >= 0.3 is 8.26 Å². The van der Waals surface area contributed by atoms with E-state index in [4.69, 9.17) is 20.0 Å². The van der Waals surface area contributed by atoms with Crippen LogP contribution < -0.4 is 0 Å². The highest BCUT2D eigenvalue weighted by atomic mass is 36.0. The number of rotatable bonds is 0. The van der Waals surface area contributed by atoms with Gasteiger partial charge in [-0.1, -0.05) is 29.8 Å². The summed E-state index contributed by atoms with van der Waals surface area (Å²) in [6.07, 6.45) is 0. The van der Waals surface area contributed by atoms with Gasteiger partial charge in [0.05, 0.1) is 0 Å². The molecule has 0 aliphatic heterocycles. The number of hydrogen-bond acceptors (Lipinski definition) is 2. The molecule has 0 amide bonds. The largest absolute Gasteiger partial charge is 0.317 e. The van der Waals surface area contributed by atoms with E-state index in [0.29, 0.717) is 0 Å². The van der Waals surface area contributed by atoms with Crippen LogP contribution in [0.3, 0.4) is 0 Å². The van der Waals surface area contributed by atoms with E-state index in [9.17, 15) is 0 Å². The molecule has 0 bridgehead atoms. The predicted molar refractivity (Wildman–Crippen MR) is 56.8 cm³/mol. The lowest BCUT2D eigenvalue weighted by molar-refractivity contribution is 0.621. The van der Waals surface area contributed by atoms with Gasteiger partial charge in [0.2, 0.25) is 0 Å². The van der Waals surface area contributed by atoms with E-state index >= 15 is 0 Å². The highest BCUT2D eigenvalue weighted by molar-refractivity contribution is 8.31. The first-order valence-electron chi connectivity index (χ1n) is 3.16. The normalized spacial score (nSPS) is 10.2. The molecule has 0 radical (unpaired) electrons. The molecule has 0 fully saturated rings. The third-order valence-corrected chi connectivity index (χ3v) is 1.50. The van der Waals surface area contributed by atoms with Crippen molar-refractivity contribution in [2.24, 2.45) is 0 Å². The van der Waals surface area contributed by atoms with E-state index in [2.05, 4.69) is 21.4 Å². The Morgan fingerprint density at radius 3 is 1.77 bits per heavy atom. The zero-order chi connectivity index (χ0) is 10.5. The monoisotopic (exact) mass is 260 g/mol. The zero-order valence-corrected chi connectivity index (χ0v) is 9.75. The van der Waals surface area contributed by atoms with Crippen LogP contribution in [0.1, 0.15) is 5.56 Å². The number of benzene rings is 1. The lowest BCUT2D eigenvalue weighted by atomic mass is 10.2. The second-order valence-corrected chi connectivity index (χ2v) is 6.20. The molecule has 0 saturated heterocycles. The molecule has 0 aliphatic carbocycles. The van der Waals surface area contributed by atoms with Crippen molar-refractivity contribution < 1.29 is 8.42 Å². The Morgan fingerprint density at radius 2 is 1.54 bits per heavy atom. The Morgan fingerprint density at radius 1 is 1.15 bits per heavy atom. The van der Waals surface area contributed by atoms with Crippen molar-refractivity contribution in [1.82, 2.24) is 0 Å². The predicted octanol–water partition coefficient (Wildman–Crippen LogP) is 3.36. The Kier molecular flexibility index (Phi) is 5.72. The van der Waals surface area contributed by atoms with Gasteiger partial charge in [0, 0.05) is 26.4 Å². The molecule has 0 N–H and O–H groups in total. The maximum Gasteiger partial charge on any atom is 0.317 e. The minimum Gasteiger partial charge on any atom is -0.195 e. The molecule has 6 heteroatoms. The fourth-order valence-corrected chi connectivity index (χ4v) is 0.687. The van der Waals surface area contributed by atoms with Crippen LogP contribution in [0.25, 0.3) is 0 Å². The second kappa shape index (κ2) is 5.70. The Labute approximate surface area is 91.3 Å². The van der Waals surface area contributed by atoms with Gasteiger partial charge in [-0.15, -0.1) is 0 Å². The van der Waals surface area contributed by atoms with Crippen LogP contribution in [0, 0.1) is 6.92 Å². The summed E-state index contributed by atoms with van der Waals surface area (Å²) in [7, 11) is 4.81. The zero-order valence-electron chi connectivity index (χ0n) is 6.67. The van der Waals surface area contributed by atoms with Crippen LogP contribution in [-0.2, 0) is 8.26 Å². The molecule has 0 spiro atoms. The summed E-state index contributed by atoms with van der Waals surface area (Å²) in [5.74, 6) is 0. The van der Waals surface area contributed by atoms with Gasteiger partial charge in [-0.3, -0.25) is 0 Å². The van der Waals surface area contributed by atoms with E-state index in [-0.39, 0.29) is 0 Å². The van der Waals surface area contributed by atoms with E-state index in [1.165, 1.54) is 0 Å². The van der Waals surface area contributed by atoms with Gasteiger partial charge < -0.3 is 0 Å². The molecule has 74 valence electrons. The van der Waals surface area contributed by atoms with Crippen LogP contribution >= 0.6 is 33.0 Å². The SMILES string of the molecule is Cc1ccccc1Cl.O=S(=O)(Cl)Cl. The number of halogens is 3. The summed E-state index contributed by atoms with van der Waals surface area (Å²) in [6.45, 7) is 1.99. The summed E-state index contributed by atoms with van der Waals surface area (Å²) >= 11 is 5.71. The first-order chi connectivity index (χ1) is 5.80. The summed E-state index contributed by atoms with van der Waals surface area (Å²) in [5, 5.41) is 0.840. The summed E-state index contributed by atoms with van der Waals surface area (Å²) in [4.78, 5) is 0. The first-order valence-corrected chi connectivity index (χ1v) is 6.67. The van der Waals surface area contributed by atoms with Crippen molar-refractivity contribution >= 4 is 41.2 Å². The maximum absolute atomic E-state index is 9.16. The minimum atomic E-state index is -3.72. The van der Waals surface area contributed by atoms with E-state index in [1.807, 2.05) is 31.2 Å². The quantitative estimate of drug-likeness (QED) is 0.671. The minimum absolute atomic E-state index is 0.840. The van der Waals surface area contributed by atoms with Gasteiger partial charge in [0.1, 0.15) is 0 Å². The summed E-state index contributed by atoms with van der Waals surface area (Å²) in [6, 6.07) is 7.77. The van der Waals surface area contributed by atoms with Crippen LogP contribution in [0.2, 0.25) is 5.02 Å². The summed E-state index contributed by atoms with van der Waals surface area (Å²) in [5.41, 5.74) is 1.13. The molecule has 13 heavy (non-hydrogen) atoms. The molecule has 0 heterocycles. The lowest BCUT2D eigenvalue weighted by Gasteiger charge is -1.90. The molecule has 1 aromatic rings. The van der Waals surface area contributed by atoms with Crippen LogP contribution in [-0.4, -0.2) is 8.42 Å². The molecule has 2 nitrogen and oxygen atoms in total. The molecule has 1 rings (SSSR count). The maximum atomic E-state index is 9.16. The smallest absolute Gasteiger partial charge is 0.195 e. The fourth-order valence-electron chi connectivity index (χ4n) is 0.551. The van der Waals surface area contributed by atoms with Crippen molar-refractivity contribution in [3.63, 3.8) is 0 Å². The van der Waals surface area contributed by atoms with E-state index < -0.39 is 8.26 Å². The third-order valence-electron chi connectivity index (χ3n) is 1.08. The molecule has 0 atom stereocenters. The van der Waals surface area contributed by atoms with Crippen LogP contribution in [0.15, 0.2) is 24.3 Å².